The normalized spacial score (nSPS) is 11.0. The summed E-state index contributed by atoms with van der Waals surface area (Å²) in [6.45, 7) is 0.0434. The molecule has 3 rings (SSSR count). The Morgan fingerprint density at radius 1 is 1.06 bits per heavy atom. The third-order valence-corrected chi connectivity index (χ3v) is 4.69. The number of urea groups is 1. The van der Waals surface area contributed by atoms with Gasteiger partial charge < -0.3 is 30.9 Å². The van der Waals surface area contributed by atoms with Crippen LogP contribution < -0.4 is 25.8 Å². The number of aromatic carboxylic acids is 1. The quantitative estimate of drug-likeness (QED) is 0.326. The maximum Gasteiger partial charge on any atom is 0.419 e. The van der Waals surface area contributed by atoms with E-state index in [1.807, 2.05) is 0 Å². The topological polar surface area (TPSA) is 136 Å². The first-order chi connectivity index (χ1) is 16.6. The lowest BCUT2D eigenvalue weighted by atomic mass is 10.1. The van der Waals surface area contributed by atoms with Crippen molar-refractivity contribution in [1.29, 1.82) is 0 Å². The Kier molecular flexibility index (Phi) is 7.99. The molecule has 13 heteroatoms. The number of halogens is 4. The molecule has 184 valence electrons. The number of ether oxygens (including phenoxy) is 2. The fourth-order valence-electron chi connectivity index (χ4n) is 2.84. The van der Waals surface area contributed by atoms with Crippen LogP contribution in [-0.2, 0) is 6.18 Å². The predicted molar refractivity (Wildman–Crippen MR) is 121 cm³/mol. The Morgan fingerprint density at radius 2 is 1.77 bits per heavy atom. The molecule has 0 aliphatic heterocycles. The van der Waals surface area contributed by atoms with Crippen molar-refractivity contribution in [1.82, 2.24) is 4.98 Å². The Hall–Kier alpha value is -4.03. The van der Waals surface area contributed by atoms with Crippen LogP contribution in [0.2, 0.25) is 5.02 Å². The van der Waals surface area contributed by atoms with E-state index in [1.165, 1.54) is 48.7 Å². The molecule has 0 radical (unpaired) electrons. The predicted octanol–water partition coefficient (Wildman–Crippen LogP) is 5.23. The van der Waals surface area contributed by atoms with Crippen molar-refractivity contribution in [3.63, 3.8) is 0 Å². The number of carboxylic acids is 1. The van der Waals surface area contributed by atoms with Crippen molar-refractivity contribution in [2.45, 2.75) is 6.18 Å². The Morgan fingerprint density at radius 3 is 2.40 bits per heavy atom. The third-order valence-electron chi connectivity index (χ3n) is 4.31. The zero-order valence-corrected chi connectivity index (χ0v) is 18.5. The van der Waals surface area contributed by atoms with Gasteiger partial charge in [0.1, 0.15) is 29.4 Å². The molecule has 9 nitrogen and oxygen atoms in total. The number of amides is 2. The lowest BCUT2D eigenvalue weighted by Crippen LogP contribution is -2.22. The van der Waals surface area contributed by atoms with Crippen molar-refractivity contribution < 1.29 is 37.3 Å². The average Bonchev–Trinajstić information content (AvgIpc) is 2.79. The number of hydrogen-bond acceptors (Lipinski definition) is 6. The number of carbonyl (C=O) groups is 2. The van der Waals surface area contributed by atoms with E-state index >= 15 is 0 Å². The van der Waals surface area contributed by atoms with Crippen LogP contribution in [0.15, 0.2) is 54.7 Å². The molecule has 2 amide bonds. The van der Waals surface area contributed by atoms with Crippen LogP contribution in [0, 0.1) is 0 Å². The van der Waals surface area contributed by atoms with Gasteiger partial charge in [-0.3, -0.25) is 0 Å². The molecule has 0 unspecified atom stereocenters. The van der Waals surface area contributed by atoms with Crippen LogP contribution in [0.3, 0.4) is 0 Å². The highest BCUT2D eigenvalue weighted by atomic mass is 35.5. The van der Waals surface area contributed by atoms with E-state index in [2.05, 4.69) is 15.6 Å². The molecule has 35 heavy (non-hydrogen) atoms. The number of alkyl halides is 3. The molecule has 0 aliphatic carbocycles. The number of hydrogen-bond donors (Lipinski definition) is 4. The largest absolute Gasteiger partial charge is 0.491 e. The van der Waals surface area contributed by atoms with Gasteiger partial charge in [-0.2, -0.15) is 13.2 Å². The molecule has 0 spiro atoms. The minimum Gasteiger partial charge on any atom is -0.491 e. The smallest absolute Gasteiger partial charge is 0.419 e. The Balaban J connectivity index is 1.70. The number of nitrogens with zero attached hydrogens (tertiary/aromatic N) is 1. The first-order valence-corrected chi connectivity index (χ1v) is 10.2. The van der Waals surface area contributed by atoms with Crippen LogP contribution >= 0.6 is 11.6 Å². The number of pyridine rings is 1. The van der Waals surface area contributed by atoms with Gasteiger partial charge in [0.05, 0.1) is 10.7 Å². The summed E-state index contributed by atoms with van der Waals surface area (Å²) in [5.74, 6) is -0.881. The molecule has 0 fully saturated rings. The number of carbonyl (C=O) groups excluding carboxylic acids is 1. The molecule has 3 aromatic rings. The van der Waals surface area contributed by atoms with Crippen LogP contribution in [-0.4, -0.2) is 35.2 Å². The van der Waals surface area contributed by atoms with Crippen LogP contribution in [0.25, 0.3) is 0 Å². The van der Waals surface area contributed by atoms with Crippen molar-refractivity contribution in [2.75, 3.05) is 23.8 Å². The summed E-state index contributed by atoms with van der Waals surface area (Å²) in [6.07, 6.45) is -3.59. The van der Waals surface area contributed by atoms with E-state index in [-0.39, 0.29) is 36.0 Å². The zero-order chi connectivity index (χ0) is 25.6. The minimum atomic E-state index is -4.87. The lowest BCUT2D eigenvalue weighted by molar-refractivity contribution is -0.136. The number of nitrogens with two attached hydrogens (primary N) is 1. The van der Waals surface area contributed by atoms with Gasteiger partial charge in [0.25, 0.3) is 0 Å². The van der Waals surface area contributed by atoms with E-state index in [4.69, 9.17) is 31.9 Å². The third kappa shape index (κ3) is 6.74. The molecule has 0 atom stereocenters. The van der Waals surface area contributed by atoms with Crippen LogP contribution in [0.1, 0.15) is 16.1 Å². The maximum absolute atomic E-state index is 13.6. The number of nitrogens with one attached hydrogen (secondary N) is 2. The number of rotatable bonds is 8. The second-order valence-electron chi connectivity index (χ2n) is 6.82. The van der Waals surface area contributed by atoms with Gasteiger partial charge in [-0.25, -0.2) is 14.6 Å². The van der Waals surface area contributed by atoms with E-state index < -0.39 is 34.5 Å². The van der Waals surface area contributed by atoms with Crippen LogP contribution in [0.5, 0.6) is 17.2 Å². The number of benzene rings is 2. The first-order valence-electron chi connectivity index (χ1n) is 9.86. The van der Waals surface area contributed by atoms with E-state index in [9.17, 15) is 22.8 Å². The summed E-state index contributed by atoms with van der Waals surface area (Å²) < 4.78 is 51.4. The Bertz CT molecular complexity index is 1220. The molecule has 0 bridgehead atoms. The zero-order valence-electron chi connectivity index (χ0n) is 17.7. The van der Waals surface area contributed by atoms with Gasteiger partial charge in [-0.1, -0.05) is 11.6 Å². The molecule has 2 aromatic carbocycles. The highest BCUT2D eigenvalue weighted by Gasteiger charge is 2.38. The van der Waals surface area contributed by atoms with Gasteiger partial charge >= 0.3 is 18.2 Å². The lowest BCUT2D eigenvalue weighted by Gasteiger charge is -2.18. The minimum absolute atomic E-state index is 0.0358. The summed E-state index contributed by atoms with van der Waals surface area (Å²) in [6, 6.07) is 9.79. The standard InChI is InChI=1S/C22H18ClF3N4O5/c23-19-17(34-10-8-27)6-5-15(18(19)22(24,25)26)30-21(33)29-12-1-3-13(4-2-12)35-14-7-9-28-16(11-14)20(31)32/h1-7,9,11H,8,10,27H2,(H,31,32)(H2,29,30,33). The number of aromatic nitrogens is 1. The SMILES string of the molecule is NCCOc1ccc(NC(=O)Nc2ccc(Oc3ccnc(C(=O)O)c3)cc2)c(C(F)(F)F)c1Cl. The highest BCUT2D eigenvalue weighted by Crippen LogP contribution is 2.44. The fraction of sp³-hybridized carbons (Fsp3) is 0.136. The summed E-state index contributed by atoms with van der Waals surface area (Å²) in [5, 5.41) is 12.8. The van der Waals surface area contributed by atoms with E-state index in [0.717, 1.165) is 6.07 Å². The second kappa shape index (κ2) is 10.9. The van der Waals surface area contributed by atoms with Crippen molar-refractivity contribution in [2.24, 2.45) is 5.73 Å². The van der Waals surface area contributed by atoms with Crippen molar-refractivity contribution in [3.05, 3.63) is 71.0 Å². The summed E-state index contributed by atoms with van der Waals surface area (Å²) in [7, 11) is 0. The van der Waals surface area contributed by atoms with Crippen molar-refractivity contribution >= 4 is 35.0 Å². The van der Waals surface area contributed by atoms with Gasteiger partial charge in [-0.05, 0) is 42.5 Å². The molecular weight excluding hydrogens is 493 g/mol. The molecule has 0 saturated heterocycles. The number of anilines is 2. The summed E-state index contributed by atoms with van der Waals surface area (Å²) >= 11 is 5.88. The molecule has 0 saturated carbocycles. The monoisotopic (exact) mass is 510 g/mol. The van der Waals surface area contributed by atoms with Gasteiger partial charge in [0.15, 0.2) is 5.69 Å². The van der Waals surface area contributed by atoms with Gasteiger partial charge in [0.2, 0.25) is 0 Å². The average molecular weight is 511 g/mol. The number of carboxylic acid groups (broad SMARTS) is 1. The molecule has 1 aromatic heterocycles. The Labute approximate surface area is 201 Å². The maximum atomic E-state index is 13.6. The van der Waals surface area contributed by atoms with Gasteiger partial charge in [0, 0.05) is 24.5 Å². The first kappa shape index (κ1) is 25.6. The van der Waals surface area contributed by atoms with Crippen LogP contribution in [0.4, 0.5) is 29.3 Å². The van der Waals surface area contributed by atoms with Crippen molar-refractivity contribution in [3.8, 4) is 17.2 Å². The fourth-order valence-corrected chi connectivity index (χ4v) is 3.16. The summed E-state index contributed by atoms with van der Waals surface area (Å²) in [5.41, 5.74) is 3.52. The molecule has 0 aliphatic rings. The molecule has 1 heterocycles. The van der Waals surface area contributed by atoms with Gasteiger partial charge in [-0.15, -0.1) is 0 Å². The van der Waals surface area contributed by atoms with E-state index in [1.54, 1.807) is 0 Å². The highest BCUT2D eigenvalue weighted by molar-refractivity contribution is 6.33. The second-order valence-corrected chi connectivity index (χ2v) is 7.20. The summed E-state index contributed by atoms with van der Waals surface area (Å²) in [4.78, 5) is 27.0. The molecule has 5 N–H and O–H groups in total. The molecular formula is C22H18ClF3N4O5. The van der Waals surface area contributed by atoms with E-state index in [0.29, 0.717) is 5.75 Å².